The lowest BCUT2D eigenvalue weighted by Gasteiger charge is -2.32. The van der Waals surface area contributed by atoms with Crippen LogP contribution in [0.3, 0.4) is 0 Å². The topological polar surface area (TPSA) is 50.1 Å². The highest BCUT2D eigenvalue weighted by Crippen LogP contribution is 2.30. The molecule has 2 aliphatic rings. The van der Waals surface area contributed by atoms with Gasteiger partial charge in [-0.3, -0.25) is 4.90 Å². The maximum absolute atomic E-state index is 4.56. The lowest BCUT2D eigenvalue weighted by Crippen LogP contribution is -2.35. The molecule has 4 rings (SSSR count). The number of rotatable bonds is 4. The number of hydrogen-bond acceptors (Lipinski definition) is 6. The molecule has 0 radical (unpaired) electrons. The van der Waals surface area contributed by atoms with E-state index in [2.05, 4.69) is 42.0 Å². The van der Waals surface area contributed by atoms with Crippen LogP contribution in [0.1, 0.15) is 49.7 Å². The lowest BCUT2D eigenvalue weighted by molar-refractivity contribution is 0.213. The molecule has 130 valence electrons. The molecule has 6 nitrogen and oxygen atoms in total. The molecule has 2 fully saturated rings. The molecular weight excluding hydrogens is 320 g/mol. The molecular formula is C17H26N6S. The second-order valence-corrected chi connectivity index (χ2v) is 7.84. The Bertz CT molecular complexity index is 646. The molecule has 0 spiro atoms. The predicted octanol–water partition coefficient (Wildman–Crippen LogP) is 2.64. The molecule has 0 unspecified atom stereocenters. The average Bonchev–Trinajstić information content (AvgIpc) is 3.27. The number of anilines is 1. The number of aromatic nitrogens is 4. The van der Waals surface area contributed by atoms with Gasteiger partial charge in [0, 0.05) is 37.6 Å². The summed E-state index contributed by atoms with van der Waals surface area (Å²) in [6, 6.07) is 0. The summed E-state index contributed by atoms with van der Waals surface area (Å²) >= 11 is 1.72. The largest absolute Gasteiger partial charge is 0.347 e. The van der Waals surface area contributed by atoms with Crippen LogP contribution >= 0.6 is 11.3 Å². The Labute approximate surface area is 147 Å². The summed E-state index contributed by atoms with van der Waals surface area (Å²) in [6.07, 6.45) is 8.28. The van der Waals surface area contributed by atoms with Crippen LogP contribution in [0, 0.1) is 0 Å². The zero-order valence-corrected chi connectivity index (χ0v) is 15.2. The summed E-state index contributed by atoms with van der Waals surface area (Å²) in [4.78, 5) is 9.38. The first kappa shape index (κ1) is 16.0. The summed E-state index contributed by atoms with van der Waals surface area (Å²) in [5.41, 5.74) is 0. The van der Waals surface area contributed by atoms with E-state index in [0.717, 1.165) is 36.4 Å². The zero-order chi connectivity index (χ0) is 16.4. The van der Waals surface area contributed by atoms with Crippen LogP contribution in [0.5, 0.6) is 0 Å². The van der Waals surface area contributed by atoms with E-state index in [9.17, 15) is 0 Å². The van der Waals surface area contributed by atoms with Crippen molar-refractivity contribution < 1.29 is 0 Å². The number of hydrogen-bond donors (Lipinski definition) is 0. The third kappa shape index (κ3) is 3.32. The fourth-order valence-corrected chi connectivity index (χ4v) is 4.60. The summed E-state index contributed by atoms with van der Waals surface area (Å²) in [5, 5.41) is 12.3. The van der Waals surface area contributed by atoms with Crippen molar-refractivity contribution in [2.24, 2.45) is 7.05 Å². The van der Waals surface area contributed by atoms with Gasteiger partial charge in [-0.05, 0) is 38.8 Å². The van der Waals surface area contributed by atoms with Gasteiger partial charge in [0.1, 0.15) is 11.6 Å². The van der Waals surface area contributed by atoms with Crippen molar-refractivity contribution in [3.05, 3.63) is 23.2 Å². The molecule has 0 saturated carbocycles. The Morgan fingerprint density at radius 2 is 2.00 bits per heavy atom. The van der Waals surface area contributed by atoms with Crippen molar-refractivity contribution in [3.8, 4) is 0 Å². The van der Waals surface area contributed by atoms with Gasteiger partial charge < -0.3 is 9.47 Å². The molecule has 24 heavy (non-hydrogen) atoms. The fraction of sp³-hybridized carbons (Fsp3) is 0.706. The Morgan fingerprint density at radius 1 is 1.12 bits per heavy atom. The maximum Gasteiger partial charge on any atom is 0.185 e. The van der Waals surface area contributed by atoms with Gasteiger partial charge in [-0.2, -0.15) is 0 Å². The first-order valence-electron chi connectivity index (χ1n) is 9.06. The van der Waals surface area contributed by atoms with E-state index in [0.29, 0.717) is 5.92 Å². The maximum atomic E-state index is 4.56. The van der Waals surface area contributed by atoms with E-state index in [1.165, 1.54) is 45.2 Å². The molecule has 7 heteroatoms. The minimum atomic E-state index is 0.454. The molecule has 0 aromatic carbocycles. The van der Waals surface area contributed by atoms with Crippen LogP contribution < -0.4 is 4.90 Å². The lowest BCUT2D eigenvalue weighted by atomic mass is 9.97. The van der Waals surface area contributed by atoms with Crippen LogP contribution in [0.4, 0.5) is 5.13 Å². The zero-order valence-electron chi connectivity index (χ0n) is 14.4. The molecule has 0 N–H and O–H groups in total. The Balaban J connectivity index is 1.45. The van der Waals surface area contributed by atoms with Crippen molar-refractivity contribution in [1.29, 1.82) is 0 Å². The third-order valence-corrected chi connectivity index (χ3v) is 6.12. The Morgan fingerprint density at radius 3 is 2.79 bits per heavy atom. The van der Waals surface area contributed by atoms with Crippen LogP contribution in [-0.2, 0) is 13.6 Å². The van der Waals surface area contributed by atoms with Crippen LogP contribution in [-0.4, -0.2) is 50.8 Å². The smallest absolute Gasteiger partial charge is 0.185 e. The van der Waals surface area contributed by atoms with Gasteiger partial charge in [0.25, 0.3) is 0 Å². The van der Waals surface area contributed by atoms with Crippen molar-refractivity contribution in [2.45, 2.75) is 44.6 Å². The van der Waals surface area contributed by atoms with Gasteiger partial charge in [0.05, 0.1) is 6.54 Å². The quantitative estimate of drug-likeness (QED) is 0.852. The Hall–Kier alpha value is -1.47. The molecule has 0 aliphatic carbocycles. The highest BCUT2D eigenvalue weighted by atomic mass is 32.1. The fourth-order valence-electron chi connectivity index (χ4n) is 3.92. The van der Waals surface area contributed by atoms with Crippen molar-refractivity contribution in [1.82, 2.24) is 24.6 Å². The minimum Gasteiger partial charge on any atom is -0.347 e. The van der Waals surface area contributed by atoms with E-state index < -0.39 is 0 Å². The molecule has 4 heterocycles. The Kier molecular flexibility index (Phi) is 4.80. The van der Waals surface area contributed by atoms with E-state index in [1.54, 1.807) is 11.3 Å². The third-order valence-electron chi connectivity index (χ3n) is 5.29. The first-order chi connectivity index (χ1) is 11.8. The highest BCUT2D eigenvalue weighted by molar-refractivity contribution is 7.13. The van der Waals surface area contributed by atoms with Gasteiger partial charge in [-0.25, -0.2) is 4.98 Å². The van der Waals surface area contributed by atoms with Crippen LogP contribution in [0.15, 0.2) is 11.6 Å². The average molecular weight is 347 g/mol. The van der Waals surface area contributed by atoms with E-state index in [4.69, 9.17) is 0 Å². The van der Waals surface area contributed by atoms with Crippen LogP contribution in [0.2, 0.25) is 0 Å². The van der Waals surface area contributed by atoms with Gasteiger partial charge in [-0.1, -0.05) is 6.42 Å². The van der Waals surface area contributed by atoms with E-state index in [-0.39, 0.29) is 0 Å². The number of likely N-dealkylation sites (tertiary alicyclic amines) is 1. The number of nitrogens with zero attached hydrogens (tertiary/aromatic N) is 6. The molecule has 0 bridgehead atoms. The summed E-state index contributed by atoms with van der Waals surface area (Å²) in [7, 11) is 2.14. The minimum absolute atomic E-state index is 0.454. The number of piperidine rings is 2. The normalized spacial score (nSPS) is 22.9. The van der Waals surface area contributed by atoms with E-state index in [1.807, 2.05) is 6.20 Å². The second kappa shape index (κ2) is 7.19. The van der Waals surface area contributed by atoms with Crippen molar-refractivity contribution in [2.75, 3.05) is 31.1 Å². The van der Waals surface area contributed by atoms with Gasteiger partial charge in [0.15, 0.2) is 5.13 Å². The van der Waals surface area contributed by atoms with Crippen molar-refractivity contribution >= 4 is 16.5 Å². The van der Waals surface area contributed by atoms with Gasteiger partial charge >= 0.3 is 0 Å². The molecule has 2 aromatic rings. The van der Waals surface area contributed by atoms with Gasteiger partial charge in [0.2, 0.25) is 0 Å². The van der Waals surface area contributed by atoms with Gasteiger partial charge in [-0.15, -0.1) is 21.5 Å². The van der Waals surface area contributed by atoms with Crippen molar-refractivity contribution in [3.63, 3.8) is 0 Å². The highest BCUT2D eigenvalue weighted by Gasteiger charge is 2.27. The summed E-state index contributed by atoms with van der Waals surface area (Å²) < 4.78 is 2.24. The summed E-state index contributed by atoms with van der Waals surface area (Å²) in [5.74, 6) is 2.71. The second-order valence-electron chi connectivity index (χ2n) is 6.97. The standard InChI is InChI=1S/C17H26N6S/c1-21-15(13-22-8-3-2-4-9-22)19-20-16(21)14-6-5-10-23(12-14)17-18-7-11-24-17/h7,11,14H,2-6,8-10,12-13H2,1H3/t14-/m1/s1. The predicted molar refractivity (Wildman–Crippen MR) is 96.4 cm³/mol. The molecule has 0 amide bonds. The number of thiazole rings is 1. The SMILES string of the molecule is Cn1c(CN2CCCCC2)nnc1[C@@H]1CCCN(c2nccs2)C1. The molecule has 2 saturated heterocycles. The molecule has 2 aliphatic heterocycles. The molecule has 1 atom stereocenters. The summed E-state index contributed by atoms with van der Waals surface area (Å²) in [6.45, 7) is 5.44. The first-order valence-corrected chi connectivity index (χ1v) is 9.94. The van der Waals surface area contributed by atoms with E-state index >= 15 is 0 Å². The molecule has 2 aromatic heterocycles. The van der Waals surface area contributed by atoms with Crippen LogP contribution in [0.25, 0.3) is 0 Å². The monoisotopic (exact) mass is 346 g/mol.